The first-order valence-electron chi connectivity index (χ1n) is 8.20. The van der Waals surface area contributed by atoms with E-state index >= 15 is 0 Å². The summed E-state index contributed by atoms with van der Waals surface area (Å²) in [6.45, 7) is 3.38. The van der Waals surface area contributed by atoms with Crippen LogP contribution in [0.5, 0.6) is 0 Å². The Labute approximate surface area is 145 Å². The van der Waals surface area contributed by atoms with Gasteiger partial charge in [0.1, 0.15) is 11.6 Å². The van der Waals surface area contributed by atoms with E-state index in [0.29, 0.717) is 17.0 Å². The third-order valence-electron chi connectivity index (χ3n) is 4.26. The number of nitrogens with one attached hydrogen (secondary N) is 1. The van der Waals surface area contributed by atoms with Gasteiger partial charge >= 0.3 is 0 Å². The first-order valence-corrected chi connectivity index (χ1v) is 8.20. The van der Waals surface area contributed by atoms with E-state index in [4.69, 9.17) is 0 Å². The number of rotatable bonds is 4. The Hall–Kier alpha value is -2.76. The van der Waals surface area contributed by atoms with E-state index in [2.05, 4.69) is 10.5 Å². The Morgan fingerprint density at radius 1 is 1.08 bits per heavy atom. The number of amides is 1. The van der Waals surface area contributed by atoms with Crippen LogP contribution in [0.4, 0.5) is 14.5 Å². The second-order valence-corrected chi connectivity index (χ2v) is 5.98. The van der Waals surface area contributed by atoms with Crippen molar-refractivity contribution in [1.29, 1.82) is 0 Å². The minimum Gasteiger partial charge on any atom is -0.369 e. The summed E-state index contributed by atoms with van der Waals surface area (Å²) in [7, 11) is 0. The van der Waals surface area contributed by atoms with Crippen molar-refractivity contribution in [3.63, 3.8) is 0 Å². The quantitative estimate of drug-likeness (QED) is 0.679. The van der Waals surface area contributed by atoms with Gasteiger partial charge in [-0.1, -0.05) is 18.2 Å². The molecule has 0 atom stereocenters. The van der Waals surface area contributed by atoms with Gasteiger partial charge in [-0.3, -0.25) is 4.79 Å². The third kappa shape index (κ3) is 3.84. The fourth-order valence-corrected chi connectivity index (χ4v) is 2.85. The standard InChI is InChI=1S/C19H19F2N3O/c1-13(22-23-19(25)15-6-2-3-7-16(15)20)14-8-9-18(17(21)12-14)24-10-4-5-11-24/h2-3,6-9,12H,4-5,10-11H2,1H3,(H,23,25)/b22-13-. The van der Waals surface area contributed by atoms with Gasteiger partial charge in [0.15, 0.2) is 0 Å². The minimum atomic E-state index is -0.647. The van der Waals surface area contributed by atoms with Crippen LogP contribution >= 0.6 is 0 Å². The number of hydrazone groups is 1. The van der Waals surface area contributed by atoms with Gasteiger partial charge in [-0.15, -0.1) is 0 Å². The zero-order valence-electron chi connectivity index (χ0n) is 13.9. The van der Waals surface area contributed by atoms with Gasteiger partial charge in [0.25, 0.3) is 5.91 Å². The molecule has 1 aliphatic heterocycles. The van der Waals surface area contributed by atoms with Crippen LogP contribution in [0.15, 0.2) is 47.6 Å². The summed E-state index contributed by atoms with van der Waals surface area (Å²) in [5.74, 6) is -1.57. The Balaban J connectivity index is 1.73. The number of anilines is 1. The maximum atomic E-state index is 14.3. The fraction of sp³-hybridized carbons (Fsp3) is 0.263. The summed E-state index contributed by atoms with van der Waals surface area (Å²) in [5.41, 5.74) is 3.81. The molecule has 0 saturated carbocycles. The fourth-order valence-electron chi connectivity index (χ4n) is 2.85. The van der Waals surface area contributed by atoms with Crippen molar-refractivity contribution in [3.05, 3.63) is 65.2 Å². The van der Waals surface area contributed by atoms with Crippen LogP contribution in [-0.4, -0.2) is 24.7 Å². The molecule has 1 heterocycles. The Morgan fingerprint density at radius 2 is 1.80 bits per heavy atom. The predicted molar refractivity (Wildman–Crippen MR) is 93.9 cm³/mol. The molecule has 0 spiro atoms. The summed E-state index contributed by atoms with van der Waals surface area (Å²) in [4.78, 5) is 14.0. The van der Waals surface area contributed by atoms with E-state index in [1.165, 1.54) is 24.3 Å². The third-order valence-corrected chi connectivity index (χ3v) is 4.26. The molecule has 0 aromatic heterocycles. The van der Waals surface area contributed by atoms with Crippen LogP contribution in [0, 0.1) is 11.6 Å². The first kappa shape index (κ1) is 17.1. The molecule has 1 aliphatic rings. The van der Waals surface area contributed by atoms with Crippen molar-refractivity contribution in [2.75, 3.05) is 18.0 Å². The van der Waals surface area contributed by atoms with Crippen LogP contribution in [0.2, 0.25) is 0 Å². The van der Waals surface area contributed by atoms with Gasteiger partial charge in [0.2, 0.25) is 0 Å². The summed E-state index contributed by atoms with van der Waals surface area (Å²) in [6.07, 6.45) is 2.15. The van der Waals surface area contributed by atoms with E-state index in [1.807, 2.05) is 4.90 Å². The van der Waals surface area contributed by atoms with E-state index < -0.39 is 11.7 Å². The molecule has 4 nitrogen and oxygen atoms in total. The Morgan fingerprint density at radius 3 is 2.48 bits per heavy atom. The predicted octanol–water partition coefficient (Wildman–Crippen LogP) is 3.72. The second kappa shape index (κ2) is 7.42. The van der Waals surface area contributed by atoms with Crippen molar-refractivity contribution in [3.8, 4) is 0 Å². The van der Waals surface area contributed by atoms with E-state index in [1.54, 1.807) is 25.1 Å². The monoisotopic (exact) mass is 343 g/mol. The minimum absolute atomic E-state index is 0.0883. The number of halogens is 2. The maximum absolute atomic E-state index is 14.3. The molecule has 3 rings (SSSR count). The van der Waals surface area contributed by atoms with Crippen LogP contribution in [-0.2, 0) is 0 Å². The van der Waals surface area contributed by atoms with Crippen LogP contribution in [0.3, 0.4) is 0 Å². The van der Waals surface area contributed by atoms with Crippen molar-refractivity contribution in [2.45, 2.75) is 19.8 Å². The number of hydrogen-bond acceptors (Lipinski definition) is 3. The molecule has 2 aromatic carbocycles. The molecule has 0 unspecified atom stereocenters. The van der Waals surface area contributed by atoms with E-state index in [9.17, 15) is 13.6 Å². The molecule has 1 amide bonds. The smallest absolute Gasteiger partial charge is 0.274 e. The molecule has 1 fully saturated rings. The lowest BCUT2D eigenvalue weighted by Gasteiger charge is -2.18. The number of carbonyl (C=O) groups excluding carboxylic acids is 1. The maximum Gasteiger partial charge on any atom is 0.274 e. The molecule has 0 radical (unpaired) electrons. The average molecular weight is 343 g/mol. The van der Waals surface area contributed by atoms with Gasteiger partial charge in [-0.2, -0.15) is 5.10 Å². The summed E-state index contributed by atoms with van der Waals surface area (Å²) >= 11 is 0. The van der Waals surface area contributed by atoms with Crippen LogP contribution in [0.25, 0.3) is 0 Å². The number of hydrogen-bond donors (Lipinski definition) is 1. The second-order valence-electron chi connectivity index (χ2n) is 5.98. The molecule has 0 bridgehead atoms. The molecule has 1 saturated heterocycles. The van der Waals surface area contributed by atoms with Crippen molar-refractivity contribution in [1.82, 2.24) is 5.43 Å². The lowest BCUT2D eigenvalue weighted by Crippen LogP contribution is -2.21. The van der Waals surface area contributed by atoms with Crippen LogP contribution in [0.1, 0.15) is 35.7 Å². The van der Waals surface area contributed by atoms with Crippen LogP contribution < -0.4 is 10.3 Å². The highest BCUT2D eigenvalue weighted by molar-refractivity contribution is 6.01. The van der Waals surface area contributed by atoms with E-state index in [-0.39, 0.29) is 11.4 Å². The summed E-state index contributed by atoms with van der Waals surface area (Å²) in [6, 6.07) is 10.6. The molecular weight excluding hydrogens is 324 g/mol. The number of nitrogens with zero attached hydrogens (tertiary/aromatic N) is 2. The highest BCUT2D eigenvalue weighted by atomic mass is 19.1. The largest absolute Gasteiger partial charge is 0.369 e. The average Bonchev–Trinajstić information content (AvgIpc) is 3.14. The summed E-state index contributed by atoms with van der Waals surface area (Å²) in [5, 5.41) is 3.95. The number of benzene rings is 2. The van der Waals surface area contributed by atoms with Gasteiger partial charge in [-0.25, -0.2) is 14.2 Å². The van der Waals surface area contributed by atoms with Gasteiger partial charge in [0, 0.05) is 18.7 Å². The lowest BCUT2D eigenvalue weighted by atomic mass is 10.1. The molecule has 6 heteroatoms. The van der Waals surface area contributed by atoms with Gasteiger partial charge < -0.3 is 4.90 Å². The lowest BCUT2D eigenvalue weighted by molar-refractivity contribution is 0.0951. The van der Waals surface area contributed by atoms with Crippen molar-refractivity contribution >= 4 is 17.3 Å². The Kier molecular flexibility index (Phi) is 5.07. The van der Waals surface area contributed by atoms with Crippen molar-refractivity contribution in [2.24, 2.45) is 5.10 Å². The zero-order valence-corrected chi connectivity index (χ0v) is 13.9. The highest BCUT2D eigenvalue weighted by Gasteiger charge is 2.16. The zero-order chi connectivity index (χ0) is 17.8. The first-order chi connectivity index (χ1) is 12.1. The summed E-state index contributed by atoms with van der Waals surface area (Å²) < 4.78 is 27.9. The highest BCUT2D eigenvalue weighted by Crippen LogP contribution is 2.24. The molecule has 130 valence electrons. The molecule has 25 heavy (non-hydrogen) atoms. The molecule has 2 aromatic rings. The van der Waals surface area contributed by atoms with Gasteiger partial charge in [0.05, 0.1) is 17.0 Å². The van der Waals surface area contributed by atoms with E-state index in [0.717, 1.165) is 25.9 Å². The Bertz CT molecular complexity index is 814. The molecular formula is C19H19F2N3O. The molecule has 1 N–H and O–H groups in total. The van der Waals surface area contributed by atoms with Gasteiger partial charge in [-0.05, 0) is 44.0 Å². The molecule has 0 aliphatic carbocycles. The number of carbonyl (C=O) groups is 1. The van der Waals surface area contributed by atoms with Crippen molar-refractivity contribution < 1.29 is 13.6 Å². The topological polar surface area (TPSA) is 44.7 Å². The SMILES string of the molecule is C/C(=N/NC(=O)c1ccccc1F)c1ccc(N2CCCC2)c(F)c1. The normalized spacial score (nSPS) is 14.7.